The third-order valence-corrected chi connectivity index (χ3v) is 3.92. The van der Waals surface area contributed by atoms with Crippen molar-refractivity contribution < 1.29 is 29.4 Å². The second kappa shape index (κ2) is 11.0. The number of hydrogen-bond donors (Lipinski definition) is 4. The maximum atomic E-state index is 11.5. The summed E-state index contributed by atoms with van der Waals surface area (Å²) in [7, 11) is 0. The van der Waals surface area contributed by atoms with Crippen molar-refractivity contribution in [3.8, 4) is 5.75 Å². The maximum Gasteiger partial charge on any atom is 0.294 e. The topological polar surface area (TPSA) is 152 Å². The monoisotopic (exact) mass is 396 g/mol. The van der Waals surface area contributed by atoms with E-state index in [1.165, 1.54) is 0 Å². The molecule has 0 fully saturated rings. The molecule has 1 unspecified atom stereocenters. The van der Waals surface area contributed by atoms with E-state index in [1.807, 2.05) is 0 Å². The van der Waals surface area contributed by atoms with Gasteiger partial charge >= 0.3 is 0 Å². The molecular weight excluding hydrogens is 372 g/mol. The van der Waals surface area contributed by atoms with E-state index < -0.39 is 11.2 Å². The smallest absolute Gasteiger partial charge is 0.294 e. The number of rotatable bonds is 13. The van der Waals surface area contributed by atoms with Crippen molar-refractivity contribution >= 4 is 17.5 Å². The van der Waals surface area contributed by atoms with E-state index in [1.54, 1.807) is 18.2 Å². The number of fused-ring (bicyclic) bond motifs is 1. The molecule has 0 radical (unpaired) electrons. The van der Waals surface area contributed by atoms with Gasteiger partial charge in [0.2, 0.25) is 11.8 Å². The number of amides is 2. The third-order valence-electron chi connectivity index (χ3n) is 3.92. The molecule has 0 saturated heterocycles. The van der Waals surface area contributed by atoms with E-state index in [0.717, 1.165) is 11.3 Å². The minimum Gasteiger partial charge on any atom is -0.490 e. The zero-order chi connectivity index (χ0) is 20.4. The van der Waals surface area contributed by atoms with Gasteiger partial charge in [0.1, 0.15) is 18.5 Å². The summed E-state index contributed by atoms with van der Waals surface area (Å²) in [5, 5.41) is 27.4. The van der Waals surface area contributed by atoms with Crippen molar-refractivity contribution in [3.63, 3.8) is 0 Å². The highest BCUT2D eigenvalue weighted by atomic mass is 16.9. The van der Waals surface area contributed by atoms with Gasteiger partial charge in [-0.05, 0) is 18.6 Å². The molecule has 0 bridgehead atoms. The normalized spacial score (nSPS) is 13.4. The van der Waals surface area contributed by atoms with Crippen molar-refractivity contribution in [1.29, 1.82) is 0 Å². The molecule has 1 atom stereocenters. The fourth-order valence-electron chi connectivity index (χ4n) is 2.62. The predicted octanol–water partition coefficient (Wildman–Crippen LogP) is -0.385. The third kappa shape index (κ3) is 7.37. The SMILES string of the molecule is O=C(CCCO[N+](=O)[O-])NCCNCC(O)COc1cccc2c1CC(=O)N2. The first kappa shape index (κ1) is 21.4. The first-order valence-corrected chi connectivity index (χ1v) is 8.93. The molecule has 1 aliphatic heterocycles. The quantitative estimate of drug-likeness (QED) is 0.200. The Bertz CT molecular complexity index is 698. The summed E-state index contributed by atoms with van der Waals surface area (Å²) in [6.45, 7) is 1.05. The molecule has 1 heterocycles. The number of nitrogens with one attached hydrogen (secondary N) is 3. The molecule has 1 aliphatic rings. The van der Waals surface area contributed by atoms with Crippen LogP contribution < -0.4 is 20.7 Å². The Hall–Kier alpha value is -2.92. The van der Waals surface area contributed by atoms with Crippen LogP contribution in [0.3, 0.4) is 0 Å². The summed E-state index contributed by atoms with van der Waals surface area (Å²) in [6, 6.07) is 5.33. The Morgan fingerprint density at radius 1 is 1.39 bits per heavy atom. The first-order valence-electron chi connectivity index (χ1n) is 8.93. The molecule has 2 rings (SSSR count). The summed E-state index contributed by atoms with van der Waals surface area (Å²) in [5.74, 6) is 0.266. The van der Waals surface area contributed by atoms with Crippen LogP contribution >= 0.6 is 0 Å². The molecule has 11 nitrogen and oxygen atoms in total. The van der Waals surface area contributed by atoms with Gasteiger partial charge < -0.3 is 30.6 Å². The van der Waals surface area contributed by atoms with Crippen LogP contribution in [0.5, 0.6) is 5.75 Å². The number of hydrogen-bond acceptors (Lipinski definition) is 8. The van der Waals surface area contributed by atoms with Crippen LogP contribution in [-0.2, 0) is 20.8 Å². The first-order chi connectivity index (χ1) is 13.5. The van der Waals surface area contributed by atoms with Crippen LogP contribution in [0.4, 0.5) is 5.69 Å². The molecule has 0 spiro atoms. The van der Waals surface area contributed by atoms with Gasteiger partial charge in [-0.1, -0.05) is 6.07 Å². The number of benzene rings is 1. The minimum absolute atomic E-state index is 0.0699. The molecular formula is C17H24N4O7. The van der Waals surface area contributed by atoms with Crippen LogP contribution in [-0.4, -0.2) is 61.0 Å². The van der Waals surface area contributed by atoms with E-state index in [9.17, 15) is 24.8 Å². The number of aliphatic hydroxyl groups excluding tert-OH is 1. The average molecular weight is 396 g/mol. The predicted molar refractivity (Wildman–Crippen MR) is 98.3 cm³/mol. The van der Waals surface area contributed by atoms with Crippen LogP contribution in [0.2, 0.25) is 0 Å². The Balaban J connectivity index is 1.53. The number of carbonyl (C=O) groups is 2. The fourth-order valence-corrected chi connectivity index (χ4v) is 2.62. The van der Waals surface area contributed by atoms with Gasteiger partial charge in [-0.2, -0.15) is 0 Å². The van der Waals surface area contributed by atoms with Crippen molar-refractivity contribution in [2.24, 2.45) is 0 Å². The van der Waals surface area contributed by atoms with Gasteiger partial charge in [-0.15, -0.1) is 10.1 Å². The van der Waals surface area contributed by atoms with Gasteiger partial charge in [-0.25, -0.2) is 0 Å². The zero-order valence-corrected chi connectivity index (χ0v) is 15.3. The Morgan fingerprint density at radius 3 is 3.00 bits per heavy atom. The Morgan fingerprint density at radius 2 is 2.21 bits per heavy atom. The van der Waals surface area contributed by atoms with Crippen molar-refractivity contribution in [3.05, 3.63) is 33.9 Å². The second-order valence-electron chi connectivity index (χ2n) is 6.19. The van der Waals surface area contributed by atoms with E-state index in [-0.39, 0.29) is 50.8 Å². The molecule has 1 aromatic rings. The van der Waals surface area contributed by atoms with Gasteiger partial charge in [-0.3, -0.25) is 9.59 Å². The Kier molecular flexibility index (Phi) is 8.43. The van der Waals surface area contributed by atoms with Gasteiger partial charge in [0.15, 0.2) is 0 Å². The standard InChI is InChI=1S/C17H24N4O7/c22-12(10-18-6-7-19-16(23)5-2-8-28-21(25)26)11-27-15-4-1-3-14-13(15)9-17(24)20-14/h1,3-4,12,18,22H,2,5-11H2,(H,19,23)(H,20,24). The van der Waals surface area contributed by atoms with E-state index >= 15 is 0 Å². The largest absolute Gasteiger partial charge is 0.490 e. The summed E-state index contributed by atoms with van der Waals surface area (Å²) >= 11 is 0. The summed E-state index contributed by atoms with van der Waals surface area (Å²) in [6.07, 6.45) is -0.0858. The van der Waals surface area contributed by atoms with Gasteiger partial charge in [0.25, 0.3) is 5.09 Å². The lowest BCUT2D eigenvalue weighted by Crippen LogP contribution is -2.37. The minimum atomic E-state index is -0.890. The van der Waals surface area contributed by atoms with E-state index in [4.69, 9.17) is 4.74 Å². The van der Waals surface area contributed by atoms with Crippen molar-refractivity contribution in [2.45, 2.75) is 25.4 Å². The Labute approximate surface area is 161 Å². The summed E-state index contributed by atoms with van der Waals surface area (Å²) in [5.41, 5.74) is 1.52. The number of aliphatic hydroxyl groups is 1. The van der Waals surface area contributed by atoms with Crippen LogP contribution in [0.25, 0.3) is 0 Å². The summed E-state index contributed by atoms with van der Waals surface area (Å²) < 4.78 is 5.61. The van der Waals surface area contributed by atoms with Gasteiger partial charge in [0, 0.05) is 37.3 Å². The van der Waals surface area contributed by atoms with Crippen molar-refractivity contribution in [2.75, 3.05) is 38.2 Å². The van der Waals surface area contributed by atoms with Crippen LogP contribution in [0.15, 0.2) is 18.2 Å². The highest BCUT2D eigenvalue weighted by Crippen LogP contribution is 2.31. The number of carbonyl (C=O) groups excluding carboxylic acids is 2. The maximum absolute atomic E-state index is 11.5. The fraction of sp³-hybridized carbons (Fsp3) is 0.529. The van der Waals surface area contributed by atoms with Crippen LogP contribution in [0, 0.1) is 10.1 Å². The lowest BCUT2D eigenvalue weighted by molar-refractivity contribution is -0.757. The molecule has 0 saturated carbocycles. The summed E-state index contributed by atoms with van der Waals surface area (Å²) in [4.78, 5) is 37.0. The molecule has 2 amide bonds. The lowest BCUT2D eigenvalue weighted by Gasteiger charge is -2.15. The number of anilines is 1. The number of ether oxygens (including phenoxy) is 1. The molecule has 4 N–H and O–H groups in total. The molecule has 1 aromatic carbocycles. The van der Waals surface area contributed by atoms with E-state index in [0.29, 0.717) is 18.8 Å². The van der Waals surface area contributed by atoms with E-state index in [2.05, 4.69) is 20.8 Å². The second-order valence-corrected chi connectivity index (χ2v) is 6.19. The number of nitrogens with zero attached hydrogens (tertiary/aromatic N) is 1. The van der Waals surface area contributed by atoms with Crippen molar-refractivity contribution in [1.82, 2.24) is 10.6 Å². The highest BCUT2D eigenvalue weighted by Gasteiger charge is 2.21. The average Bonchev–Trinajstić information content (AvgIpc) is 3.03. The molecule has 154 valence electrons. The molecule has 28 heavy (non-hydrogen) atoms. The molecule has 11 heteroatoms. The van der Waals surface area contributed by atoms with Crippen LogP contribution in [0.1, 0.15) is 18.4 Å². The highest BCUT2D eigenvalue weighted by molar-refractivity contribution is 6.00. The lowest BCUT2D eigenvalue weighted by atomic mass is 10.1. The molecule has 0 aromatic heterocycles. The van der Waals surface area contributed by atoms with Gasteiger partial charge in [0.05, 0.1) is 13.0 Å². The zero-order valence-electron chi connectivity index (χ0n) is 15.3. The molecule has 0 aliphatic carbocycles.